The van der Waals surface area contributed by atoms with Crippen molar-refractivity contribution in [1.29, 1.82) is 0 Å². The monoisotopic (exact) mass is 524 g/mol. The number of fused-ring (bicyclic) bond motifs is 3. The van der Waals surface area contributed by atoms with Gasteiger partial charge in [-0.3, -0.25) is 4.79 Å². The first kappa shape index (κ1) is 26.1. The molecular formula is C32H32N2O5. The number of carbonyl (C=O) groups is 2. The number of esters is 1. The van der Waals surface area contributed by atoms with Gasteiger partial charge in [0.05, 0.1) is 56.0 Å². The first-order chi connectivity index (χ1) is 18.8. The molecule has 2 heterocycles. The molecule has 0 N–H and O–H groups in total. The molecule has 0 bridgehead atoms. The summed E-state index contributed by atoms with van der Waals surface area (Å²) in [6.45, 7) is 6.35. The van der Waals surface area contributed by atoms with Crippen molar-refractivity contribution in [3.8, 4) is 17.2 Å². The Balaban J connectivity index is 1.68. The zero-order chi connectivity index (χ0) is 27.7. The molecule has 7 nitrogen and oxygen atoms in total. The van der Waals surface area contributed by atoms with E-state index in [1.165, 1.54) is 0 Å². The van der Waals surface area contributed by atoms with Crippen LogP contribution < -0.4 is 14.4 Å². The van der Waals surface area contributed by atoms with Gasteiger partial charge in [0.15, 0.2) is 5.78 Å². The summed E-state index contributed by atoms with van der Waals surface area (Å²) in [6, 6.07) is 20.8. The molecule has 0 aliphatic carbocycles. The Bertz CT molecular complexity index is 1520. The largest absolute Gasteiger partial charge is 0.497 e. The van der Waals surface area contributed by atoms with Crippen molar-refractivity contribution in [2.75, 3.05) is 32.3 Å². The fourth-order valence-corrected chi connectivity index (χ4v) is 5.07. The van der Waals surface area contributed by atoms with Gasteiger partial charge in [-0.25, -0.2) is 4.79 Å². The van der Waals surface area contributed by atoms with Gasteiger partial charge in [-0.05, 0) is 92.1 Å². The number of aryl methyl sites for hydroxylation is 2. The molecule has 5 rings (SSSR count). The van der Waals surface area contributed by atoms with E-state index in [0.717, 1.165) is 39.5 Å². The molecule has 200 valence electrons. The summed E-state index contributed by atoms with van der Waals surface area (Å²) < 4.78 is 18.0. The second-order valence-electron chi connectivity index (χ2n) is 9.62. The zero-order valence-corrected chi connectivity index (χ0v) is 22.9. The van der Waals surface area contributed by atoms with Crippen molar-refractivity contribution in [2.45, 2.75) is 26.8 Å². The summed E-state index contributed by atoms with van der Waals surface area (Å²) in [6.07, 6.45) is 1.83. The van der Waals surface area contributed by atoms with Crippen molar-refractivity contribution in [3.63, 3.8) is 0 Å². The lowest BCUT2D eigenvalue weighted by molar-refractivity contribution is 0.0526. The first-order valence-electron chi connectivity index (χ1n) is 12.9. The number of rotatable bonds is 8. The van der Waals surface area contributed by atoms with Crippen molar-refractivity contribution in [3.05, 3.63) is 106 Å². The lowest BCUT2D eigenvalue weighted by Gasteiger charge is -2.40. The SMILES string of the molecule is CCOC(=O)c1cc2n(c1)-c1cc(C)c(C)cc1N(CC(=O)c1ccc(OC)cc1)C2c1ccc(OC)cc1. The van der Waals surface area contributed by atoms with Crippen LogP contribution in [0, 0.1) is 13.8 Å². The summed E-state index contributed by atoms with van der Waals surface area (Å²) >= 11 is 0. The van der Waals surface area contributed by atoms with E-state index in [9.17, 15) is 9.59 Å². The number of hydrogen-bond donors (Lipinski definition) is 0. The van der Waals surface area contributed by atoms with Crippen molar-refractivity contribution >= 4 is 17.4 Å². The van der Waals surface area contributed by atoms with E-state index in [1.807, 2.05) is 36.5 Å². The number of ether oxygens (including phenoxy) is 3. The van der Waals surface area contributed by atoms with Crippen molar-refractivity contribution < 1.29 is 23.8 Å². The van der Waals surface area contributed by atoms with Crippen molar-refractivity contribution in [2.24, 2.45) is 0 Å². The molecule has 39 heavy (non-hydrogen) atoms. The molecule has 0 spiro atoms. The molecule has 1 aliphatic rings. The second kappa shape index (κ2) is 10.7. The number of anilines is 1. The van der Waals surface area contributed by atoms with E-state index in [2.05, 4.69) is 35.4 Å². The van der Waals surface area contributed by atoms with Crippen LogP contribution in [0.3, 0.4) is 0 Å². The molecule has 0 radical (unpaired) electrons. The predicted molar refractivity (Wildman–Crippen MR) is 151 cm³/mol. The maximum Gasteiger partial charge on any atom is 0.339 e. The Morgan fingerprint density at radius 2 is 1.38 bits per heavy atom. The minimum absolute atomic E-state index is 0.0223. The fraction of sp³-hybridized carbons (Fsp3) is 0.250. The van der Waals surface area contributed by atoms with Crippen LogP contribution in [0.15, 0.2) is 72.9 Å². The lowest BCUT2D eigenvalue weighted by Crippen LogP contribution is -2.39. The molecule has 0 saturated heterocycles. The summed E-state index contributed by atoms with van der Waals surface area (Å²) in [5, 5.41) is 0. The number of nitrogens with zero attached hydrogens (tertiary/aromatic N) is 2. The lowest BCUT2D eigenvalue weighted by atomic mass is 9.95. The van der Waals surface area contributed by atoms with Crippen LogP contribution in [0.2, 0.25) is 0 Å². The van der Waals surface area contributed by atoms with Crippen LogP contribution in [0.25, 0.3) is 5.69 Å². The number of methoxy groups -OCH3 is 2. The average molecular weight is 525 g/mol. The highest BCUT2D eigenvalue weighted by Gasteiger charge is 2.35. The van der Waals surface area contributed by atoms with Gasteiger partial charge in [-0.15, -0.1) is 0 Å². The van der Waals surface area contributed by atoms with Crippen LogP contribution in [0.5, 0.6) is 11.5 Å². The van der Waals surface area contributed by atoms with E-state index < -0.39 is 0 Å². The molecule has 7 heteroatoms. The summed E-state index contributed by atoms with van der Waals surface area (Å²) in [5.74, 6) is 1.04. The summed E-state index contributed by atoms with van der Waals surface area (Å²) in [5.41, 5.74) is 6.98. The number of Topliss-reactive ketones (excluding diaryl/α,β-unsaturated/α-hetero) is 1. The molecular weight excluding hydrogens is 492 g/mol. The Hall–Kier alpha value is -4.52. The zero-order valence-electron chi connectivity index (χ0n) is 22.9. The van der Waals surface area contributed by atoms with E-state index >= 15 is 0 Å². The van der Waals surface area contributed by atoms with Crippen molar-refractivity contribution in [1.82, 2.24) is 4.57 Å². The van der Waals surface area contributed by atoms with Crippen LogP contribution >= 0.6 is 0 Å². The second-order valence-corrected chi connectivity index (χ2v) is 9.62. The molecule has 0 fully saturated rings. The van der Waals surface area contributed by atoms with Crippen LogP contribution in [-0.2, 0) is 4.74 Å². The highest BCUT2D eigenvalue weighted by molar-refractivity contribution is 6.00. The van der Waals surface area contributed by atoms with Gasteiger partial charge in [0.1, 0.15) is 11.5 Å². The molecule has 0 saturated carbocycles. The van der Waals surface area contributed by atoms with Gasteiger partial charge < -0.3 is 23.7 Å². The van der Waals surface area contributed by atoms with Gasteiger partial charge in [0, 0.05) is 11.8 Å². The third kappa shape index (κ3) is 4.88. The number of benzene rings is 3. The molecule has 1 atom stereocenters. The molecule has 1 aliphatic heterocycles. The number of aromatic nitrogens is 1. The maximum atomic E-state index is 13.7. The average Bonchev–Trinajstić information content (AvgIpc) is 3.40. The summed E-state index contributed by atoms with van der Waals surface area (Å²) in [4.78, 5) is 28.6. The Kier molecular flexibility index (Phi) is 7.15. The molecule has 3 aromatic carbocycles. The standard InChI is InChI=1S/C32H32N2O5/c1-6-39-32(36)24-17-29-31(23-9-13-26(38-5)14-10-23)34(19-30(35)22-7-11-25(37-4)12-8-22)28-16-21(3)20(2)15-27(28)33(29)18-24/h7-18,31H,6,19H2,1-5H3. The molecule has 1 aromatic heterocycles. The van der Waals surface area contributed by atoms with Crippen LogP contribution in [0.1, 0.15) is 56.1 Å². The van der Waals surface area contributed by atoms with Gasteiger partial charge >= 0.3 is 5.97 Å². The number of carbonyl (C=O) groups excluding carboxylic acids is 2. The van der Waals surface area contributed by atoms with E-state index in [-0.39, 0.29) is 24.3 Å². The van der Waals surface area contributed by atoms with E-state index in [4.69, 9.17) is 14.2 Å². The smallest absolute Gasteiger partial charge is 0.339 e. The Labute approximate surface area is 228 Å². The molecule has 1 unspecified atom stereocenters. The first-order valence-corrected chi connectivity index (χ1v) is 12.9. The van der Waals surface area contributed by atoms with Gasteiger partial charge in [0.2, 0.25) is 0 Å². The van der Waals surface area contributed by atoms with Crippen LogP contribution in [0.4, 0.5) is 5.69 Å². The number of hydrogen-bond acceptors (Lipinski definition) is 6. The van der Waals surface area contributed by atoms with Gasteiger partial charge in [0.25, 0.3) is 0 Å². The van der Waals surface area contributed by atoms with Gasteiger partial charge in [-0.1, -0.05) is 12.1 Å². The van der Waals surface area contributed by atoms with Crippen LogP contribution in [-0.4, -0.2) is 43.7 Å². The number of ketones is 1. The fourth-order valence-electron chi connectivity index (χ4n) is 5.07. The summed E-state index contributed by atoms with van der Waals surface area (Å²) in [7, 11) is 3.23. The maximum absolute atomic E-state index is 13.7. The molecule has 0 amide bonds. The topological polar surface area (TPSA) is 70.0 Å². The normalized spacial score (nSPS) is 13.9. The third-order valence-electron chi connectivity index (χ3n) is 7.27. The molecule has 4 aromatic rings. The quantitative estimate of drug-likeness (QED) is 0.206. The van der Waals surface area contributed by atoms with Gasteiger partial charge in [-0.2, -0.15) is 0 Å². The highest BCUT2D eigenvalue weighted by atomic mass is 16.5. The Morgan fingerprint density at radius 3 is 1.97 bits per heavy atom. The third-order valence-corrected chi connectivity index (χ3v) is 7.27. The minimum atomic E-state index is -0.376. The van der Waals surface area contributed by atoms with E-state index in [0.29, 0.717) is 23.5 Å². The van der Waals surface area contributed by atoms with E-state index in [1.54, 1.807) is 45.4 Å². The highest BCUT2D eigenvalue weighted by Crippen LogP contribution is 2.44. The Morgan fingerprint density at radius 1 is 0.795 bits per heavy atom. The predicted octanol–water partition coefficient (Wildman–Crippen LogP) is 6.08. The minimum Gasteiger partial charge on any atom is -0.497 e.